The highest BCUT2D eigenvalue weighted by Gasteiger charge is 2.15. The molecule has 1 saturated heterocycles. The van der Waals surface area contributed by atoms with Crippen molar-refractivity contribution in [3.8, 4) is 0 Å². The Morgan fingerprint density at radius 2 is 2.26 bits per heavy atom. The molecule has 2 heterocycles. The molecule has 1 fully saturated rings. The van der Waals surface area contributed by atoms with Crippen LogP contribution in [0.15, 0.2) is 24.3 Å². The molecule has 3 rings (SSSR count). The molecule has 19 heavy (non-hydrogen) atoms. The summed E-state index contributed by atoms with van der Waals surface area (Å²) in [5.41, 5.74) is 2.18. The highest BCUT2D eigenvalue weighted by molar-refractivity contribution is 6.36. The summed E-state index contributed by atoms with van der Waals surface area (Å²) in [4.78, 5) is 3.37. The van der Waals surface area contributed by atoms with E-state index in [-0.39, 0.29) is 0 Å². The third-order valence-corrected chi connectivity index (χ3v) is 4.20. The summed E-state index contributed by atoms with van der Waals surface area (Å²) >= 11 is 6.37. The molecule has 102 valence electrons. The van der Waals surface area contributed by atoms with Gasteiger partial charge in [0.25, 0.3) is 0 Å². The summed E-state index contributed by atoms with van der Waals surface area (Å²) in [5.74, 6) is 0.727. The van der Waals surface area contributed by atoms with Gasteiger partial charge in [0.15, 0.2) is 0 Å². The Hall–Kier alpha value is -1.03. The van der Waals surface area contributed by atoms with Crippen LogP contribution in [0.5, 0.6) is 0 Å². The van der Waals surface area contributed by atoms with Crippen molar-refractivity contribution in [2.75, 3.05) is 19.8 Å². The first kappa shape index (κ1) is 13.0. The van der Waals surface area contributed by atoms with Gasteiger partial charge in [0, 0.05) is 36.4 Å². The van der Waals surface area contributed by atoms with Gasteiger partial charge in [-0.25, -0.2) is 0 Å². The van der Waals surface area contributed by atoms with Gasteiger partial charge in [0.05, 0.1) is 5.02 Å². The van der Waals surface area contributed by atoms with Crippen molar-refractivity contribution in [1.82, 2.24) is 10.3 Å². The van der Waals surface area contributed by atoms with Gasteiger partial charge >= 0.3 is 0 Å². The fraction of sp³-hybridized carbons (Fsp3) is 0.467. The van der Waals surface area contributed by atoms with E-state index in [0.29, 0.717) is 0 Å². The van der Waals surface area contributed by atoms with E-state index >= 15 is 0 Å². The molecule has 0 spiro atoms. The second-order valence-electron chi connectivity index (χ2n) is 5.16. The number of fused-ring (bicyclic) bond motifs is 1. The number of hydrogen-bond acceptors (Lipinski definition) is 2. The maximum absolute atomic E-state index is 6.37. The monoisotopic (exact) mass is 278 g/mol. The minimum absolute atomic E-state index is 0.727. The smallest absolute Gasteiger partial charge is 0.0705 e. The normalized spacial score (nSPS) is 19.3. The highest BCUT2D eigenvalue weighted by atomic mass is 35.5. The van der Waals surface area contributed by atoms with E-state index in [0.717, 1.165) is 53.8 Å². The number of hydrogen-bond donors (Lipinski definition) is 2. The molecule has 1 aliphatic rings. The van der Waals surface area contributed by atoms with Crippen LogP contribution in [0.4, 0.5) is 0 Å². The van der Waals surface area contributed by atoms with Gasteiger partial charge in [-0.05, 0) is 31.4 Å². The first-order valence-corrected chi connectivity index (χ1v) is 7.26. The lowest BCUT2D eigenvalue weighted by Crippen LogP contribution is -2.18. The molecule has 1 aromatic carbocycles. The quantitative estimate of drug-likeness (QED) is 0.823. The van der Waals surface area contributed by atoms with Crippen LogP contribution in [0.25, 0.3) is 10.9 Å². The Labute approximate surface area is 118 Å². The molecule has 0 radical (unpaired) electrons. The van der Waals surface area contributed by atoms with E-state index < -0.39 is 0 Å². The molecule has 0 saturated carbocycles. The Bertz CT molecular complexity index is 546. The minimum Gasteiger partial charge on any atom is -0.381 e. The summed E-state index contributed by atoms with van der Waals surface area (Å²) in [6.45, 7) is 3.66. The van der Waals surface area contributed by atoms with Crippen molar-refractivity contribution in [3.63, 3.8) is 0 Å². The number of ether oxygens (including phenoxy) is 1. The number of nitrogens with one attached hydrogen (secondary N) is 2. The molecule has 1 unspecified atom stereocenters. The second kappa shape index (κ2) is 5.95. The third-order valence-electron chi connectivity index (χ3n) is 3.77. The van der Waals surface area contributed by atoms with E-state index in [1.807, 2.05) is 18.2 Å². The van der Waals surface area contributed by atoms with Gasteiger partial charge in [-0.15, -0.1) is 0 Å². The second-order valence-corrected chi connectivity index (χ2v) is 5.54. The molecule has 3 nitrogen and oxygen atoms in total. The lowest BCUT2D eigenvalue weighted by Gasteiger charge is -2.08. The molecule has 4 heteroatoms. The third kappa shape index (κ3) is 2.94. The molecule has 0 amide bonds. The van der Waals surface area contributed by atoms with E-state index in [2.05, 4.69) is 16.4 Å². The molecule has 1 aliphatic heterocycles. The lowest BCUT2D eigenvalue weighted by molar-refractivity contribution is 0.184. The van der Waals surface area contributed by atoms with Crippen molar-refractivity contribution >= 4 is 22.5 Å². The van der Waals surface area contributed by atoms with Crippen molar-refractivity contribution < 1.29 is 4.74 Å². The van der Waals surface area contributed by atoms with Gasteiger partial charge in [0.2, 0.25) is 0 Å². The summed E-state index contributed by atoms with van der Waals surface area (Å²) in [6.07, 6.45) is 2.38. The molecule has 1 atom stereocenters. The van der Waals surface area contributed by atoms with Gasteiger partial charge in [-0.2, -0.15) is 0 Å². The predicted molar refractivity (Wildman–Crippen MR) is 78.6 cm³/mol. The van der Waals surface area contributed by atoms with Gasteiger partial charge in [-0.3, -0.25) is 0 Å². The average Bonchev–Trinajstić information content (AvgIpc) is 3.04. The fourth-order valence-electron chi connectivity index (χ4n) is 2.62. The Kier molecular flexibility index (Phi) is 4.06. The van der Waals surface area contributed by atoms with Crippen molar-refractivity contribution in [2.45, 2.75) is 19.4 Å². The number of aromatic amines is 1. The molecular formula is C15H19ClN2O. The summed E-state index contributed by atoms with van der Waals surface area (Å²) in [7, 11) is 0. The zero-order chi connectivity index (χ0) is 13.1. The van der Waals surface area contributed by atoms with Crippen molar-refractivity contribution in [3.05, 3.63) is 35.0 Å². The van der Waals surface area contributed by atoms with Crippen LogP contribution in [0.2, 0.25) is 5.02 Å². The Morgan fingerprint density at radius 3 is 3.05 bits per heavy atom. The van der Waals surface area contributed by atoms with Crippen LogP contribution in [-0.2, 0) is 11.3 Å². The zero-order valence-electron chi connectivity index (χ0n) is 10.9. The average molecular weight is 279 g/mol. The highest BCUT2D eigenvalue weighted by Crippen LogP contribution is 2.27. The van der Waals surface area contributed by atoms with E-state index in [1.165, 1.54) is 12.8 Å². The first-order chi connectivity index (χ1) is 9.34. The molecule has 2 aromatic rings. The van der Waals surface area contributed by atoms with Gasteiger partial charge in [0.1, 0.15) is 0 Å². The van der Waals surface area contributed by atoms with Crippen molar-refractivity contribution in [2.24, 2.45) is 5.92 Å². The van der Waals surface area contributed by atoms with E-state index in [9.17, 15) is 0 Å². The molecule has 0 bridgehead atoms. The molecule has 0 aliphatic carbocycles. The minimum atomic E-state index is 0.727. The number of benzene rings is 1. The van der Waals surface area contributed by atoms with Crippen LogP contribution in [0.1, 0.15) is 18.5 Å². The SMILES string of the molecule is Clc1c(CNCCC2CCOC2)[nH]c2ccccc12. The number of H-pyrrole nitrogens is 1. The Morgan fingerprint density at radius 1 is 1.37 bits per heavy atom. The van der Waals surface area contributed by atoms with Crippen LogP contribution < -0.4 is 5.32 Å². The first-order valence-electron chi connectivity index (χ1n) is 6.88. The Balaban J connectivity index is 1.54. The van der Waals surface area contributed by atoms with E-state index in [1.54, 1.807) is 0 Å². The molecule has 2 N–H and O–H groups in total. The number of rotatable bonds is 5. The molecular weight excluding hydrogens is 260 g/mol. The van der Waals surface area contributed by atoms with Gasteiger partial charge < -0.3 is 15.0 Å². The standard InChI is InChI=1S/C15H19ClN2O/c16-15-12-3-1-2-4-13(12)18-14(15)9-17-7-5-11-6-8-19-10-11/h1-4,11,17-18H,5-10H2. The largest absolute Gasteiger partial charge is 0.381 e. The zero-order valence-corrected chi connectivity index (χ0v) is 11.7. The topological polar surface area (TPSA) is 37.0 Å². The number of halogens is 1. The van der Waals surface area contributed by atoms with Gasteiger partial charge in [-0.1, -0.05) is 29.8 Å². The number of aromatic nitrogens is 1. The maximum atomic E-state index is 6.37. The lowest BCUT2D eigenvalue weighted by atomic mass is 10.1. The van der Waals surface area contributed by atoms with Crippen LogP contribution in [0, 0.1) is 5.92 Å². The van der Waals surface area contributed by atoms with Crippen molar-refractivity contribution in [1.29, 1.82) is 0 Å². The molecule has 1 aromatic heterocycles. The predicted octanol–water partition coefficient (Wildman–Crippen LogP) is 3.34. The van der Waals surface area contributed by atoms with Crippen LogP contribution >= 0.6 is 11.6 Å². The fourth-order valence-corrected chi connectivity index (χ4v) is 2.89. The maximum Gasteiger partial charge on any atom is 0.0705 e. The van der Waals surface area contributed by atoms with Crippen LogP contribution in [0.3, 0.4) is 0 Å². The summed E-state index contributed by atoms with van der Waals surface area (Å²) < 4.78 is 5.38. The summed E-state index contributed by atoms with van der Waals surface area (Å²) in [5, 5.41) is 5.40. The van der Waals surface area contributed by atoms with E-state index in [4.69, 9.17) is 16.3 Å². The number of para-hydroxylation sites is 1. The van der Waals surface area contributed by atoms with Crippen LogP contribution in [-0.4, -0.2) is 24.7 Å². The summed E-state index contributed by atoms with van der Waals surface area (Å²) in [6, 6.07) is 8.14.